The van der Waals surface area contributed by atoms with E-state index in [1.54, 1.807) is 20.8 Å². The summed E-state index contributed by atoms with van der Waals surface area (Å²) in [6.07, 6.45) is -0.449. The van der Waals surface area contributed by atoms with Gasteiger partial charge < -0.3 is 20.1 Å². The second-order valence-corrected chi connectivity index (χ2v) is 8.08. The number of ether oxygens (including phenoxy) is 2. The van der Waals surface area contributed by atoms with Crippen LogP contribution in [0.15, 0.2) is 60.7 Å². The number of benzene rings is 2. The van der Waals surface area contributed by atoms with Crippen molar-refractivity contribution in [2.24, 2.45) is 0 Å². The third-order valence-corrected chi connectivity index (χ3v) is 4.17. The van der Waals surface area contributed by atoms with Gasteiger partial charge in [-0.15, -0.1) is 0 Å². The minimum absolute atomic E-state index is 0.0570. The second-order valence-electron chi connectivity index (χ2n) is 8.08. The first-order valence-electron chi connectivity index (χ1n) is 10.2. The predicted octanol–water partition coefficient (Wildman–Crippen LogP) is 3.37. The molecule has 0 unspecified atom stereocenters. The lowest BCUT2D eigenvalue weighted by Gasteiger charge is -2.22. The van der Waals surface area contributed by atoms with Gasteiger partial charge in [0.25, 0.3) is 0 Å². The molecule has 0 aliphatic heterocycles. The summed E-state index contributed by atoms with van der Waals surface area (Å²) in [7, 11) is 0. The van der Waals surface area contributed by atoms with Gasteiger partial charge in [-0.1, -0.05) is 60.7 Å². The minimum atomic E-state index is -1.10. The van der Waals surface area contributed by atoms with E-state index >= 15 is 0 Å². The van der Waals surface area contributed by atoms with E-state index in [0.717, 1.165) is 11.1 Å². The third-order valence-electron chi connectivity index (χ3n) is 4.17. The highest BCUT2D eigenvalue weighted by Gasteiger charge is 2.27. The summed E-state index contributed by atoms with van der Waals surface area (Å²) < 4.78 is 10.5. The molecular weight excluding hydrogens is 396 g/mol. The largest absolute Gasteiger partial charge is 0.460 e. The van der Waals surface area contributed by atoms with Crippen molar-refractivity contribution in [1.29, 1.82) is 0 Å². The van der Waals surface area contributed by atoms with Crippen molar-refractivity contribution in [3.05, 3.63) is 71.8 Å². The van der Waals surface area contributed by atoms with Crippen LogP contribution in [0, 0.1) is 0 Å². The van der Waals surface area contributed by atoms with E-state index in [9.17, 15) is 14.4 Å². The Balaban J connectivity index is 1.92. The Morgan fingerprint density at radius 1 is 0.903 bits per heavy atom. The molecule has 2 aromatic rings. The maximum Gasteiger partial charge on any atom is 0.408 e. The van der Waals surface area contributed by atoms with Gasteiger partial charge in [-0.2, -0.15) is 0 Å². The summed E-state index contributed by atoms with van der Waals surface area (Å²) in [4.78, 5) is 37.1. The van der Waals surface area contributed by atoms with E-state index in [4.69, 9.17) is 9.47 Å². The molecule has 1 atom stereocenters. The molecule has 7 nitrogen and oxygen atoms in total. The highest BCUT2D eigenvalue weighted by Crippen LogP contribution is 2.10. The van der Waals surface area contributed by atoms with Crippen LogP contribution in [0.2, 0.25) is 0 Å². The summed E-state index contributed by atoms with van der Waals surface area (Å²) in [5.41, 5.74) is 1.19. The van der Waals surface area contributed by atoms with Gasteiger partial charge in [-0.05, 0) is 38.3 Å². The molecule has 166 valence electrons. The Labute approximate surface area is 183 Å². The second kappa shape index (κ2) is 11.7. The van der Waals surface area contributed by atoms with Crippen LogP contribution in [-0.2, 0) is 32.1 Å². The fraction of sp³-hybridized carbons (Fsp3) is 0.375. The van der Waals surface area contributed by atoms with Crippen molar-refractivity contribution in [1.82, 2.24) is 10.6 Å². The molecule has 7 heteroatoms. The van der Waals surface area contributed by atoms with Crippen molar-refractivity contribution in [2.45, 2.75) is 51.9 Å². The SMILES string of the molecule is CC(C)(C)OC(=O)C[C@H](NC(=O)OCc1ccccc1)C(=O)NCCc1ccccc1. The van der Waals surface area contributed by atoms with Gasteiger partial charge in [0.1, 0.15) is 18.2 Å². The molecule has 0 saturated heterocycles. The first kappa shape index (κ1) is 23.9. The minimum Gasteiger partial charge on any atom is -0.460 e. The van der Waals surface area contributed by atoms with Crippen molar-refractivity contribution >= 4 is 18.0 Å². The molecule has 0 radical (unpaired) electrons. The number of amides is 2. The number of carbonyl (C=O) groups is 3. The zero-order valence-corrected chi connectivity index (χ0v) is 18.2. The number of hydrogen-bond acceptors (Lipinski definition) is 5. The standard InChI is InChI=1S/C24H30N2O5/c1-24(2,3)31-21(27)16-20(22(28)25-15-14-18-10-6-4-7-11-18)26-23(29)30-17-19-12-8-5-9-13-19/h4-13,20H,14-17H2,1-3H3,(H,25,28)(H,26,29)/t20-/m0/s1. The van der Waals surface area contributed by atoms with Crippen LogP contribution in [0.3, 0.4) is 0 Å². The fourth-order valence-corrected chi connectivity index (χ4v) is 2.76. The Morgan fingerprint density at radius 3 is 2.06 bits per heavy atom. The molecule has 0 aliphatic carbocycles. The zero-order valence-electron chi connectivity index (χ0n) is 18.2. The number of hydrogen-bond donors (Lipinski definition) is 2. The summed E-state index contributed by atoms with van der Waals surface area (Å²) >= 11 is 0. The lowest BCUT2D eigenvalue weighted by molar-refractivity contribution is -0.156. The number of alkyl carbamates (subject to hydrolysis) is 1. The normalized spacial score (nSPS) is 11.8. The quantitative estimate of drug-likeness (QED) is 0.600. The average Bonchev–Trinajstić information content (AvgIpc) is 2.72. The van der Waals surface area contributed by atoms with E-state index < -0.39 is 29.6 Å². The Bertz CT molecular complexity index is 847. The molecule has 0 fully saturated rings. The molecule has 2 N–H and O–H groups in total. The molecule has 0 spiro atoms. The van der Waals surface area contributed by atoms with Crippen molar-refractivity contribution in [3.8, 4) is 0 Å². The summed E-state index contributed by atoms with van der Waals surface area (Å²) in [5.74, 6) is -1.06. The average molecular weight is 427 g/mol. The number of esters is 1. The molecule has 2 amide bonds. The van der Waals surface area contributed by atoms with Crippen molar-refractivity contribution in [2.75, 3.05) is 6.54 Å². The van der Waals surface area contributed by atoms with Crippen molar-refractivity contribution in [3.63, 3.8) is 0 Å². The highest BCUT2D eigenvalue weighted by molar-refractivity contribution is 5.89. The molecule has 31 heavy (non-hydrogen) atoms. The Hall–Kier alpha value is -3.35. The topological polar surface area (TPSA) is 93.7 Å². The number of nitrogens with one attached hydrogen (secondary N) is 2. The Kier molecular flexibility index (Phi) is 9.06. The third kappa shape index (κ3) is 9.80. The van der Waals surface area contributed by atoms with Gasteiger partial charge in [0.05, 0.1) is 6.42 Å². The van der Waals surface area contributed by atoms with Crippen LogP contribution in [0.4, 0.5) is 4.79 Å². The predicted molar refractivity (Wildman–Crippen MR) is 117 cm³/mol. The molecule has 0 saturated carbocycles. The number of rotatable bonds is 9. The zero-order chi connectivity index (χ0) is 22.7. The smallest absolute Gasteiger partial charge is 0.408 e. The first-order chi connectivity index (χ1) is 14.7. The van der Waals surface area contributed by atoms with Gasteiger partial charge in [-0.3, -0.25) is 9.59 Å². The van der Waals surface area contributed by atoms with Crippen LogP contribution in [0.1, 0.15) is 38.3 Å². The molecule has 0 aliphatic rings. The highest BCUT2D eigenvalue weighted by atomic mass is 16.6. The van der Waals surface area contributed by atoms with Gasteiger partial charge in [-0.25, -0.2) is 4.79 Å². The van der Waals surface area contributed by atoms with Gasteiger partial charge >= 0.3 is 12.1 Å². The summed E-state index contributed by atoms with van der Waals surface area (Å²) in [6, 6.07) is 17.8. The van der Waals surface area contributed by atoms with Crippen LogP contribution in [0.5, 0.6) is 0 Å². The Morgan fingerprint density at radius 2 is 1.48 bits per heavy atom. The van der Waals surface area contributed by atoms with Crippen LogP contribution in [0.25, 0.3) is 0 Å². The van der Waals surface area contributed by atoms with E-state index in [1.165, 1.54) is 0 Å². The van der Waals surface area contributed by atoms with Crippen LogP contribution < -0.4 is 10.6 Å². The maximum absolute atomic E-state index is 12.7. The lowest BCUT2D eigenvalue weighted by atomic mass is 10.1. The van der Waals surface area contributed by atoms with E-state index in [-0.39, 0.29) is 13.0 Å². The first-order valence-corrected chi connectivity index (χ1v) is 10.2. The number of carbonyl (C=O) groups excluding carboxylic acids is 3. The monoisotopic (exact) mass is 426 g/mol. The molecule has 0 aromatic heterocycles. The molecule has 0 heterocycles. The van der Waals surface area contributed by atoms with Crippen LogP contribution >= 0.6 is 0 Å². The summed E-state index contributed by atoms with van der Waals surface area (Å²) in [5, 5.41) is 5.24. The van der Waals surface area contributed by atoms with Gasteiger partial charge in [0.2, 0.25) is 5.91 Å². The summed E-state index contributed by atoms with van der Waals surface area (Å²) in [6.45, 7) is 5.64. The molecular formula is C24H30N2O5. The molecule has 2 aromatic carbocycles. The van der Waals surface area contributed by atoms with E-state index in [2.05, 4.69) is 10.6 Å². The van der Waals surface area contributed by atoms with Crippen LogP contribution in [-0.4, -0.2) is 36.2 Å². The van der Waals surface area contributed by atoms with E-state index in [0.29, 0.717) is 13.0 Å². The molecule has 0 bridgehead atoms. The molecule has 2 rings (SSSR count). The fourth-order valence-electron chi connectivity index (χ4n) is 2.76. The van der Waals surface area contributed by atoms with Crippen molar-refractivity contribution < 1.29 is 23.9 Å². The van der Waals surface area contributed by atoms with E-state index in [1.807, 2.05) is 60.7 Å². The van der Waals surface area contributed by atoms with Gasteiger partial charge in [0.15, 0.2) is 0 Å². The maximum atomic E-state index is 12.7. The van der Waals surface area contributed by atoms with Gasteiger partial charge in [0, 0.05) is 6.54 Å². The lowest BCUT2D eigenvalue weighted by Crippen LogP contribution is -2.49.